The first-order valence-corrected chi connectivity index (χ1v) is 7.34. The Morgan fingerprint density at radius 2 is 1.90 bits per heavy atom. The number of piperidine rings is 1. The Bertz CT molecular complexity index is 399. The van der Waals surface area contributed by atoms with Crippen LogP contribution in [0.15, 0.2) is 18.2 Å². The zero-order chi connectivity index (χ0) is 14.4. The summed E-state index contributed by atoms with van der Waals surface area (Å²) in [6.07, 6.45) is 2.62. The molecule has 1 aliphatic heterocycles. The minimum Gasteiger partial charge on any atom is -0.497 e. The van der Waals surface area contributed by atoms with Gasteiger partial charge in [0.2, 0.25) is 0 Å². The molecule has 1 fully saturated rings. The van der Waals surface area contributed by atoms with Crippen molar-refractivity contribution in [2.24, 2.45) is 5.92 Å². The van der Waals surface area contributed by atoms with Gasteiger partial charge in [0.1, 0.15) is 11.5 Å². The van der Waals surface area contributed by atoms with Gasteiger partial charge in [0, 0.05) is 19.2 Å². The van der Waals surface area contributed by atoms with Crippen molar-refractivity contribution in [3.63, 3.8) is 0 Å². The highest BCUT2D eigenvalue weighted by molar-refractivity contribution is 5.38. The molecule has 1 saturated heterocycles. The third kappa shape index (κ3) is 4.12. The Hall–Kier alpha value is -1.26. The van der Waals surface area contributed by atoms with Crippen LogP contribution >= 0.6 is 0 Å². The van der Waals surface area contributed by atoms with Crippen molar-refractivity contribution in [2.75, 3.05) is 40.9 Å². The van der Waals surface area contributed by atoms with E-state index in [0.717, 1.165) is 30.5 Å². The Labute approximate surface area is 122 Å². The van der Waals surface area contributed by atoms with Gasteiger partial charge >= 0.3 is 0 Å². The summed E-state index contributed by atoms with van der Waals surface area (Å²) in [7, 11) is 5.43. The van der Waals surface area contributed by atoms with Crippen molar-refractivity contribution >= 4 is 0 Å². The molecule has 0 bridgehead atoms. The second kappa shape index (κ2) is 7.50. The van der Waals surface area contributed by atoms with E-state index < -0.39 is 0 Å². The lowest BCUT2D eigenvalue weighted by molar-refractivity contribution is 0.166. The summed E-state index contributed by atoms with van der Waals surface area (Å²) in [5, 5.41) is 3.29. The Kier molecular flexibility index (Phi) is 5.68. The van der Waals surface area contributed by atoms with Crippen LogP contribution in [0.25, 0.3) is 0 Å². The van der Waals surface area contributed by atoms with Gasteiger partial charge in [0.25, 0.3) is 0 Å². The van der Waals surface area contributed by atoms with Crippen LogP contribution < -0.4 is 14.8 Å². The number of nitrogens with zero attached hydrogens (tertiary/aromatic N) is 1. The fourth-order valence-electron chi connectivity index (χ4n) is 2.97. The molecule has 0 radical (unpaired) electrons. The summed E-state index contributed by atoms with van der Waals surface area (Å²) < 4.78 is 10.7. The molecule has 4 nitrogen and oxygen atoms in total. The first-order valence-electron chi connectivity index (χ1n) is 7.34. The molecule has 112 valence electrons. The minimum absolute atomic E-state index is 0.765. The Morgan fingerprint density at radius 1 is 1.20 bits per heavy atom. The van der Waals surface area contributed by atoms with Crippen LogP contribution in [0.1, 0.15) is 18.4 Å². The summed E-state index contributed by atoms with van der Waals surface area (Å²) in [4.78, 5) is 2.53. The molecule has 1 aromatic carbocycles. The first-order chi connectivity index (χ1) is 9.75. The molecule has 0 aromatic heterocycles. The molecule has 1 aliphatic rings. The quantitative estimate of drug-likeness (QED) is 0.864. The van der Waals surface area contributed by atoms with Gasteiger partial charge in [-0.1, -0.05) is 0 Å². The van der Waals surface area contributed by atoms with E-state index >= 15 is 0 Å². The first kappa shape index (κ1) is 15.1. The van der Waals surface area contributed by atoms with E-state index in [-0.39, 0.29) is 0 Å². The predicted molar refractivity (Wildman–Crippen MR) is 81.5 cm³/mol. The molecule has 1 unspecified atom stereocenters. The van der Waals surface area contributed by atoms with E-state index in [1.54, 1.807) is 14.2 Å². The van der Waals surface area contributed by atoms with E-state index in [9.17, 15) is 0 Å². The standard InChI is InChI=1S/C16H26N2O2/c1-17-10-13-5-4-6-18(11-13)12-14-7-15(19-2)9-16(8-14)20-3/h7-9,13,17H,4-6,10-12H2,1-3H3. The van der Waals surface area contributed by atoms with Crippen LogP contribution in [-0.2, 0) is 6.54 Å². The third-order valence-corrected chi connectivity index (χ3v) is 3.91. The molecule has 0 amide bonds. The second-order valence-electron chi connectivity index (χ2n) is 5.52. The lowest BCUT2D eigenvalue weighted by atomic mass is 9.97. The lowest BCUT2D eigenvalue weighted by Gasteiger charge is -2.32. The molecule has 1 N–H and O–H groups in total. The predicted octanol–water partition coefficient (Wildman–Crippen LogP) is 2.14. The van der Waals surface area contributed by atoms with Gasteiger partial charge < -0.3 is 14.8 Å². The van der Waals surface area contributed by atoms with Gasteiger partial charge in [-0.3, -0.25) is 4.90 Å². The van der Waals surface area contributed by atoms with Crippen LogP contribution in [-0.4, -0.2) is 45.8 Å². The summed E-state index contributed by atoms with van der Waals surface area (Å²) in [5.74, 6) is 2.49. The van der Waals surface area contributed by atoms with Gasteiger partial charge in [0.15, 0.2) is 0 Å². The van der Waals surface area contributed by atoms with Crippen molar-refractivity contribution < 1.29 is 9.47 Å². The van der Waals surface area contributed by atoms with Crippen molar-refractivity contribution in [1.82, 2.24) is 10.2 Å². The topological polar surface area (TPSA) is 33.7 Å². The zero-order valence-corrected chi connectivity index (χ0v) is 12.8. The van der Waals surface area contributed by atoms with Crippen LogP contribution in [0, 0.1) is 5.92 Å². The fourth-order valence-corrected chi connectivity index (χ4v) is 2.97. The number of rotatable bonds is 6. The number of likely N-dealkylation sites (tertiary alicyclic amines) is 1. The monoisotopic (exact) mass is 278 g/mol. The van der Waals surface area contributed by atoms with Gasteiger partial charge in [-0.15, -0.1) is 0 Å². The van der Waals surface area contributed by atoms with Gasteiger partial charge in [-0.2, -0.15) is 0 Å². The van der Waals surface area contributed by atoms with Crippen molar-refractivity contribution in [3.8, 4) is 11.5 Å². The summed E-state index contributed by atoms with van der Waals surface area (Å²) >= 11 is 0. The highest BCUT2D eigenvalue weighted by Gasteiger charge is 2.19. The van der Waals surface area contributed by atoms with E-state index in [4.69, 9.17) is 9.47 Å². The number of benzene rings is 1. The third-order valence-electron chi connectivity index (χ3n) is 3.91. The Balaban J connectivity index is 2.01. The molecule has 2 rings (SSSR count). The number of hydrogen-bond acceptors (Lipinski definition) is 4. The van der Waals surface area contributed by atoms with Gasteiger partial charge in [-0.25, -0.2) is 0 Å². The van der Waals surface area contributed by atoms with E-state index in [1.807, 2.05) is 13.1 Å². The summed E-state index contributed by atoms with van der Waals surface area (Å²) in [6.45, 7) is 4.42. The molecule has 0 spiro atoms. The van der Waals surface area contributed by atoms with Crippen molar-refractivity contribution in [1.29, 1.82) is 0 Å². The molecular formula is C16H26N2O2. The van der Waals surface area contributed by atoms with Crippen LogP contribution in [0.4, 0.5) is 0 Å². The van der Waals surface area contributed by atoms with E-state index in [1.165, 1.54) is 31.5 Å². The maximum Gasteiger partial charge on any atom is 0.122 e. The highest BCUT2D eigenvalue weighted by atomic mass is 16.5. The highest BCUT2D eigenvalue weighted by Crippen LogP contribution is 2.25. The van der Waals surface area contributed by atoms with Crippen LogP contribution in [0.5, 0.6) is 11.5 Å². The number of nitrogens with one attached hydrogen (secondary N) is 1. The van der Waals surface area contributed by atoms with Crippen LogP contribution in [0.2, 0.25) is 0 Å². The van der Waals surface area contributed by atoms with E-state index in [2.05, 4.69) is 22.3 Å². The average Bonchev–Trinajstić information content (AvgIpc) is 2.47. The summed E-state index contributed by atoms with van der Waals surface area (Å²) in [6, 6.07) is 6.12. The molecule has 0 aliphatic carbocycles. The SMILES string of the molecule is CNCC1CCCN(Cc2cc(OC)cc(OC)c2)C1. The molecule has 0 saturated carbocycles. The zero-order valence-electron chi connectivity index (χ0n) is 12.8. The molecule has 20 heavy (non-hydrogen) atoms. The smallest absolute Gasteiger partial charge is 0.122 e. The van der Waals surface area contributed by atoms with Crippen LogP contribution in [0.3, 0.4) is 0 Å². The van der Waals surface area contributed by atoms with Gasteiger partial charge in [-0.05, 0) is 56.6 Å². The molecule has 4 heteroatoms. The summed E-state index contributed by atoms with van der Waals surface area (Å²) in [5.41, 5.74) is 1.26. The second-order valence-corrected chi connectivity index (χ2v) is 5.52. The van der Waals surface area contributed by atoms with E-state index in [0.29, 0.717) is 0 Å². The average molecular weight is 278 g/mol. The lowest BCUT2D eigenvalue weighted by Crippen LogP contribution is -2.38. The molecule has 1 atom stereocenters. The number of hydrogen-bond donors (Lipinski definition) is 1. The van der Waals surface area contributed by atoms with Crippen molar-refractivity contribution in [2.45, 2.75) is 19.4 Å². The molecule has 1 heterocycles. The number of ether oxygens (including phenoxy) is 2. The van der Waals surface area contributed by atoms with Gasteiger partial charge in [0.05, 0.1) is 14.2 Å². The maximum absolute atomic E-state index is 5.34. The Morgan fingerprint density at radius 3 is 2.50 bits per heavy atom. The fraction of sp³-hybridized carbons (Fsp3) is 0.625. The van der Waals surface area contributed by atoms with Crippen molar-refractivity contribution in [3.05, 3.63) is 23.8 Å². The molecular weight excluding hydrogens is 252 g/mol. The largest absolute Gasteiger partial charge is 0.497 e. The minimum atomic E-state index is 0.765. The maximum atomic E-state index is 5.34. The normalized spacial score (nSPS) is 19.9. The number of methoxy groups -OCH3 is 2. The molecule has 1 aromatic rings.